The number of nitrogens with one attached hydrogen (secondary N) is 1. The second-order valence-electron chi connectivity index (χ2n) is 4.77. The van der Waals surface area contributed by atoms with Gasteiger partial charge < -0.3 is 20.1 Å². The highest BCUT2D eigenvalue weighted by atomic mass is 16.5. The molecule has 0 amide bonds. The molecule has 2 unspecified atom stereocenters. The van der Waals surface area contributed by atoms with Gasteiger partial charge in [-0.25, -0.2) is 0 Å². The number of rotatable bonds is 3. The predicted molar refractivity (Wildman–Crippen MR) is 73.3 cm³/mol. The van der Waals surface area contributed by atoms with Crippen molar-refractivity contribution in [3.8, 4) is 5.75 Å². The van der Waals surface area contributed by atoms with Gasteiger partial charge in [0.05, 0.1) is 18.4 Å². The predicted octanol–water partition coefficient (Wildman–Crippen LogP) is 1.24. The van der Waals surface area contributed by atoms with E-state index in [2.05, 4.69) is 23.2 Å². The third-order valence-electron chi connectivity index (χ3n) is 3.13. The lowest BCUT2D eigenvalue weighted by Crippen LogP contribution is -2.35. The van der Waals surface area contributed by atoms with E-state index in [1.807, 2.05) is 25.1 Å². The highest BCUT2D eigenvalue weighted by molar-refractivity contribution is 5.58. The molecule has 0 bridgehead atoms. The molecule has 1 aliphatic rings. The zero-order chi connectivity index (χ0) is 13.0. The van der Waals surface area contributed by atoms with Gasteiger partial charge in [0.15, 0.2) is 0 Å². The summed E-state index contributed by atoms with van der Waals surface area (Å²) in [6.07, 6.45) is -0.343. The van der Waals surface area contributed by atoms with Crippen LogP contribution < -0.4 is 15.0 Å². The van der Waals surface area contributed by atoms with Gasteiger partial charge in [0, 0.05) is 25.7 Å². The maximum absolute atomic E-state index is 9.91. The molecule has 2 atom stereocenters. The molecule has 1 fully saturated rings. The zero-order valence-corrected chi connectivity index (χ0v) is 11.1. The molecule has 0 aromatic heterocycles. The highest BCUT2D eigenvalue weighted by Gasteiger charge is 2.21. The molecular formula is C14H22N2O2. The van der Waals surface area contributed by atoms with Gasteiger partial charge in [0.2, 0.25) is 0 Å². The summed E-state index contributed by atoms with van der Waals surface area (Å²) in [7, 11) is 0. The average Bonchev–Trinajstić information content (AvgIpc) is 2.52. The van der Waals surface area contributed by atoms with Gasteiger partial charge in [-0.05, 0) is 26.0 Å². The first-order valence-electron chi connectivity index (χ1n) is 6.59. The third kappa shape index (κ3) is 3.15. The molecule has 0 spiro atoms. The van der Waals surface area contributed by atoms with Crippen molar-refractivity contribution in [2.24, 2.45) is 0 Å². The molecule has 1 heterocycles. The number of nitrogens with zero attached hydrogens (tertiary/aromatic N) is 1. The van der Waals surface area contributed by atoms with Crippen LogP contribution in [0.4, 0.5) is 5.69 Å². The first-order chi connectivity index (χ1) is 8.70. The number of benzene rings is 1. The van der Waals surface area contributed by atoms with Crippen LogP contribution in [0.5, 0.6) is 5.75 Å². The standard InChI is InChI=1S/C14H22N2O2/c1-3-18-14-7-5-4-6-13(14)16-9-11(2)15-8-12(17)10-16/h4-7,11-12,15,17H,3,8-10H2,1-2H3. The van der Waals surface area contributed by atoms with E-state index in [1.165, 1.54) is 0 Å². The van der Waals surface area contributed by atoms with Crippen molar-refractivity contribution in [2.75, 3.05) is 31.1 Å². The molecule has 18 heavy (non-hydrogen) atoms. The van der Waals surface area contributed by atoms with Crippen molar-refractivity contribution < 1.29 is 9.84 Å². The van der Waals surface area contributed by atoms with E-state index in [9.17, 15) is 5.11 Å². The van der Waals surface area contributed by atoms with E-state index in [0.29, 0.717) is 25.7 Å². The summed E-state index contributed by atoms with van der Waals surface area (Å²) < 4.78 is 5.66. The molecule has 1 aromatic rings. The largest absolute Gasteiger partial charge is 0.492 e. The maximum atomic E-state index is 9.91. The summed E-state index contributed by atoms with van der Waals surface area (Å²) in [5, 5.41) is 13.2. The normalized spacial score (nSPS) is 24.7. The molecule has 0 radical (unpaired) electrons. The Hall–Kier alpha value is -1.26. The number of para-hydroxylation sites is 2. The van der Waals surface area contributed by atoms with Gasteiger partial charge in [-0.1, -0.05) is 12.1 Å². The van der Waals surface area contributed by atoms with Gasteiger partial charge in [-0.2, -0.15) is 0 Å². The first kappa shape index (κ1) is 13.2. The number of hydrogen-bond acceptors (Lipinski definition) is 4. The summed E-state index contributed by atoms with van der Waals surface area (Å²) in [4.78, 5) is 2.19. The monoisotopic (exact) mass is 250 g/mol. The molecule has 1 saturated heterocycles. The smallest absolute Gasteiger partial charge is 0.142 e. The van der Waals surface area contributed by atoms with E-state index in [4.69, 9.17) is 4.74 Å². The molecule has 0 saturated carbocycles. The minimum atomic E-state index is -0.343. The molecule has 1 aliphatic heterocycles. The summed E-state index contributed by atoms with van der Waals surface area (Å²) in [5.41, 5.74) is 1.06. The Morgan fingerprint density at radius 1 is 1.39 bits per heavy atom. The number of ether oxygens (including phenoxy) is 1. The number of β-amino-alcohol motifs (C(OH)–C–C–N with tert-alkyl or cyclic N) is 1. The highest BCUT2D eigenvalue weighted by Crippen LogP contribution is 2.28. The molecule has 4 nitrogen and oxygen atoms in total. The van der Waals surface area contributed by atoms with Crippen LogP contribution in [-0.4, -0.2) is 43.5 Å². The van der Waals surface area contributed by atoms with E-state index in [1.54, 1.807) is 0 Å². The SMILES string of the molecule is CCOc1ccccc1N1CC(O)CNC(C)C1. The topological polar surface area (TPSA) is 44.7 Å². The van der Waals surface area contributed by atoms with Crippen molar-refractivity contribution in [3.05, 3.63) is 24.3 Å². The molecule has 0 aliphatic carbocycles. The van der Waals surface area contributed by atoms with Crippen LogP contribution >= 0.6 is 0 Å². The molecule has 2 rings (SSSR count). The van der Waals surface area contributed by atoms with Crippen LogP contribution in [0.1, 0.15) is 13.8 Å². The fourth-order valence-electron chi connectivity index (χ4n) is 2.32. The maximum Gasteiger partial charge on any atom is 0.142 e. The Bertz CT molecular complexity index is 372. The van der Waals surface area contributed by atoms with Crippen LogP contribution in [0.2, 0.25) is 0 Å². The molecule has 4 heteroatoms. The number of aliphatic hydroxyl groups excluding tert-OH is 1. The zero-order valence-electron chi connectivity index (χ0n) is 11.1. The van der Waals surface area contributed by atoms with E-state index < -0.39 is 0 Å². The van der Waals surface area contributed by atoms with Crippen LogP contribution in [0.3, 0.4) is 0 Å². The van der Waals surface area contributed by atoms with Gasteiger partial charge >= 0.3 is 0 Å². The Morgan fingerprint density at radius 2 is 2.17 bits per heavy atom. The number of hydrogen-bond donors (Lipinski definition) is 2. The van der Waals surface area contributed by atoms with Crippen molar-refractivity contribution >= 4 is 5.69 Å². The Balaban J connectivity index is 2.22. The van der Waals surface area contributed by atoms with E-state index in [-0.39, 0.29) is 6.10 Å². The van der Waals surface area contributed by atoms with Gasteiger partial charge in [-0.3, -0.25) is 0 Å². The van der Waals surface area contributed by atoms with Gasteiger partial charge in [-0.15, -0.1) is 0 Å². The van der Waals surface area contributed by atoms with Crippen molar-refractivity contribution in [1.29, 1.82) is 0 Å². The molecule has 2 N–H and O–H groups in total. The van der Waals surface area contributed by atoms with Crippen molar-refractivity contribution in [2.45, 2.75) is 26.0 Å². The second-order valence-corrected chi connectivity index (χ2v) is 4.77. The molecule has 100 valence electrons. The fourth-order valence-corrected chi connectivity index (χ4v) is 2.32. The first-order valence-corrected chi connectivity index (χ1v) is 6.59. The Morgan fingerprint density at radius 3 is 2.94 bits per heavy atom. The molecule has 1 aromatic carbocycles. The van der Waals surface area contributed by atoms with E-state index >= 15 is 0 Å². The van der Waals surface area contributed by atoms with Crippen LogP contribution in [0, 0.1) is 0 Å². The lowest BCUT2D eigenvalue weighted by molar-refractivity contribution is 0.183. The fraction of sp³-hybridized carbons (Fsp3) is 0.571. The van der Waals surface area contributed by atoms with Crippen molar-refractivity contribution in [1.82, 2.24) is 5.32 Å². The van der Waals surface area contributed by atoms with Crippen LogP contribution in [0.25, 0.3) is 0 Å². The second kappa shape index (κ2) is 6.07. The minimum absolute atomic E-state index is 0.343. The number of aliphatic hydroxyl groups is 1. The Kier molecular flexibility index (Phi) is 4.44. The van der Waals surface area contributed by atoms with E-state index in [0.717, 1.165) is 18.0 Å². The quantitative estimate of drug-likeness (QED) is 0.847. The lowest BCUT2D eigenvalue weighted by atomic mass is 10.2. The average molecular weight is 250 g/mol. The third-order valence-corrected chi connectivity index (χ3v) is 3.13. The van der Waals surface area contributed by atoms with Gasteiger partial charge in [0.25, 0.3) is 0 Å². The minimum Gasteiger partial charge on any atom is -0.492 e. The van der Waals surface area contributed by atoms with Crippen LogP contribution in [-0.2, 0) is 0 Å². The summed E-state index contributed by atoms with van der Waals surface area (Å²) in [6.45, 7) is 6.94. The van der Waals surface area contributed by atoms with Crippen LogP contribution in [0.15, 0.2) is 24.3 Å². The molecular weight excluding hydrogens is 228 g/mol. The lowest BCUT2D eigenvalue weighted by Gasteiger charge is -2.27. The summed E-state index contributed by atoms with van der Waals surface area (Å²) >= 11 is 0. The summed E-state index contributed by atoms with van der Waals surface area (Å²) in [5.74, 6) is 0.890. The van der Waals surface area contributed by atoms with Crippen molar-refractivity contribution in [3.63, 3.8) is 0 Å². The number of anilines is 1. The Labute approximate surface area is 109 Å². The summed E-state index contributed by atoms with van der Waals surface area (Å²) in [6, 6.07) is 8.37. The van der Waals surface area contributed by atoms with Gasteiger partial charge in [0.1, 0.15) is 5.75 Å².